The van der Waals surface area contributed by atoms with Gasteiger partial charge in [0.1, 0.15) is 40.3 Å². The number of amides is 2. The number of nitriles is 1. The second-order valence-electron chi connectivity index (χ2n) is 15.7. The summed E-state index contributed by atoms with van der Waals surface area (Å²) in [6.45, 7) is 3.28. The predicted molar refractivity (Wildman–Crippen MR) is 194 cm³/mol. The number of aromatic hydroxyl groups is 1. The highest BCUT2D eigenvalue weighted by Crippen LogP contribution is 2.47. The van der Waals surface area contributed by atoms with E-state index >= 15 is 4.39 Å². The van der Waals surface area contributed by atoms with Gasteiger partial charge >= 0.3 is 12.0 Å². The summed E-state index contributed by atoms with van der Waals surface area (Å²) in [5, 5.41) is 24.1. The van der Waals surface area contributed by atoms with Gasteiger partial charge in [-0.3, -0.25) is 4.98 Å². The third-order valence-electron chi connectivity index (χ3n) is 12.0. The van der Waals surface area contributed by atoms with Crippen LogP contribution in [0.25, 0.3) is 32.9 Å². The molecular formula is C40H39F3N8O3. The fourth-order valence-electron chi connectivity index (χ4n) is 8.61. The van der Waals surface area contributed by atoms with Gasteiger partial charge < -0.3 is 29.9 Å². The molecule has 3 aliphatic heterocycles. The van der Waals surface area contributed by atoms with Crippen LogP contribution in [0.2, 0.25) is 0 Å². The number of hydrogen-bond donors (Lipinski definition) is 2. The Kier molecular flexibility index (Phi) is 8.23. The fraction of sp³-hybridized carbons (Fsp3) is 0.475. The van der Waals surface area contributed by atoms with Crippen molar-refractivity contribution in [2.24, 2.45) is 5.41 Å². The molecule has 0 radical (unpaired) electrons. The number of likely N-dealkylation sites (tertiary alicyclic amines) is 1. The number of piperazine rings is 1. The number of benzene rings is 2. The molecule has 2 atom stereocenters. The highest BCUT2D eigenvalue weighted by Gasteiger charge is 2.50. The van der Waals surface area contributed by atoms with E-state index in [1.54, 1.807) is 0 Å². The minimum Gasteiger partial charge on any atom is -0.508 e. The predicted octanol–water partition coefficient (Wildman–Crippen LogP) is 5.82. The number of nitrogens with one attached hydrogen (secondary N) is 1. The molecule has 2 aromatic carbocycles. The Labute approximate surface area is 310 Å². The van der Waals surface area contributed by atoms with E-state index in [1.807, 2.05) is 9.80 Å². The monoisotopic (exact) mass is 736 g/mol. The van der Waals surface area contributed by atoms with Crippen LogP contribution < -0.4 is 15.0 Å². The van der Waals surface area contributed by atoms with Crippen molar-refractivity contribution in [3.63, 3.8) is 0 Å². The van der Waals surface area contributed by atoms with Gasteiger partial charge in [0.05, 0.1) is 35.7 Å². The average molecular weight is 737 g/mol. The first kappa shape index (κ1) is 34.4. The lowest BCUT2D eigenvalue weighted by Crippen LogP contribution is -2.59. The SMILES string of the molecule is C#Cc1c(F)ccc2cc(O)cc(-c3ncc4c(N5CC6CCC(C5)N6C(=O)NC5(C#N)CC5)nc(OCC5(CN6CCC(F)CC6)CC5)nc4c3F)c12. The zero-order chi connectivity index (χ0) is 37.4. The summed E-state index contributed by atoms with van der Waals surface area (Å²) in [5.74, 6) is 1.12. The largest absolute Gasteiger partial charge is 0.508 e. The number of pyridine rings is 1. The molecule has 4 aromatic rings. The second-order valence-corrected chi connectivity index (χ2v) is 15.7. The molecule has 2 amide bonds. The fourth-order valence-corrected chi connectivity index (χ4v) is 8.61. The van der Waals surface area contributed by atoms with Crippen molar-refractivity contribution in [2.75, 3.05) is 44.2 Å². The van der Waals surface area contributed by atoms with Crippen LogP contribution in [-0.4, -0.2) is 99.0 Å². The maximum absolute atomic E-state index is 17.1. The number of fused-ring (bicyclic) bond motifs is 4. The van der Waals surface area contributed by atoms with E-state index in [1.165, 1.54) is 30.5 Å². The number of nitrogens with zero attached hydrogens (tertiary/aromatic N) is 7. The number of piperidine rings is 1. The highest BCUT2D eigenvalue weighted by molar-refractivity contribution is 6.03. The van der Waals surface area contributed by atoms with Gasteiger partial charge in [0.15, 0.2) is 5.82 Å². The molecule has 2 N–H and O–H groups in total. The summed E-state index contributed by atoms with van der Waals surface area (Å²) in [6.07, 6.45) is 12.1. The number of rotatable bonds is 8. The molecule has 2 aliphatic carbocycles. The van der Waals surface area contributed by atoms with Crippen molar-refractivity contribution < 1.29 is 27.8 Å². The number of carbonyl (C=O) groups is 1. The normalized spacial score (nSPS) is 22.9. The number of ether oxygens (including phenoxy) is 1. The first-order valence-electron chi connectivity index (χ1n) is 18.6. The number of phenolic OH excluding ortho intramolecular Hbond substituents is 1. The summed E-state index contributed by atoms with van der Waals surface area (Å²) in [5.41, 5.74) is -1.15. The van der Waals surface area contributed by atoms with E-state index in [4.69, 9.17) is 16.1 Å². The Morgan fingerprint density at radius 3 is 2.48 bits per heavy atom. The van der Waals surface area contributed by atoms with Crippen molar-refractivity contribution in [3.05, 3.63) is 47.7 Å². The Bertz CT molecular complexity index is 2260. The molecule has 0 spiro atoms. The van der Waals surface area contributed by atoms with Crippen LogP contribution in [0.1, 0.15) is 56.9 Å². The molecule has 9 rings (SSSR count). The van der Waals surface area contributed by atoms with Crippen LogP contribution >= 0.6 is 0 Å². The van der Waals surface area contributed by atoms with E-state index in [-0.39, 0.29) is 63.0 Å². The van der Waals surface area contributed by atoms with Gasteiger partial charge in [-0.1, -0.05) is 12.0 Å². The molecule has 3 saturated heterocycles. The Balaban J connectivity index is 1.09. The average Bonchev–Trinajstić information content (AvgIpc) is 4.10. The Morgan fingerprint density at radius 2 is 1.81 bits per heavy atom. The van der Waals surface area contributed by atoms with Gasteiger partial charge in [-0.25, -0.2) is 18.0 Å². The number of carbonyl (C=O) groups excluding carboxylic acids is 1. The number of hydrogen-bond acceptors (Lipinski definition) is 9. The molecule has 2 aromatic heterocycles. The highest BCUT2D eigenvalue weighted by atomic mass is 19.1. The maximum Gasteiger partial charge on any atom is 0.319 e. The first-order chi connectivity index (χ1) is 26.1. The minimum atomic E-state index is -0.817. The number of alkyl halides is 1. The number of terminal acetylenes is 1. The number of aromatic nitrogens is 3. The smallest absolute Gasteiger partial charge is 0.319 e. The number of anilines is 1. The lowest BCUT2D eigenvalue weighted by molar-refractivity contribution is 0.107. The van der Waals surface area contributed by atoms with Gasteiger partial charge in [0.25, 0.3) is 0 Å². The van der Waals surface area contributed by atoms with E-state index in [0.717, 1.165) is 32.2 Å². The molecule has 2 unspecified atom stereocenters. The van der Waals surface area contributed by atoms with Crippen LogP contribution in [-0.2, 0) is 0 Å². The van der Waals surface area contributed by atoms with E-state index in [9.17, 15) is 23.9 Å². The molecule has 2 saturated carbocycles. The van der Waals surface area contributed by atoms with Gasteiger partial charge in [0, 0.05) is 55.3 Å². The number of phenols is 1. The summed E-state index contributed by atoms with van der Waals surface area (Å²) in [7, 11) is 0. The summed E-state index contributed by atoms with van der Waals surface area (Å²) < 4.78 is 52.2. The van der Waals surface area contributed by atoms with Crippen molar-refractivity contribution >= 4 is 33.5 Å². The lowest BCUT2D eigenvalue weighted by atomic mass is 9.96. The lowest BCUT2D eigenvalue weighted by Gasteiger charge is -2.42. The van der Waals surface area contributed by atoms with Crippen molar-refractivity contribution in [1.29, 1.82) is 5.26 Å². The van der Waals surface area contributed by atoms with Crippen molar-refractivity contribution in [3.8, 4) is 41.4 Å². The van der Waals surface area contributed by atoms with Gasteiger partial charge in [0.2, 0.25) is 0 Å². The Hall–Kier alpha value is -5.34. The third kappa shape index (κ3) is 6.06. The van der Waals surface area contributed by atoms with Crippen LogP contribution in [0.3, 0.4) is 0 Å². The summed E-state index contributed by atoms with van der Waals surface area (Å²) >= 11 is 0. The quantitative estimate of drug-likeness (QED) is 0.215. The number of halogens is 3. The zero-order valence-electron chi connectivity index (χ0n) is 29.6. The topological polar surface area (TPSA) is 131 Å². The van der Waals surface area contributed by atoms with Gasteiger partial charge in [-0.2, -0.15) is 15.2 Å². The van der Waals surface area contributed by atoms with E-state index in [0.29, 0.717) is 75.1 Å². The number of urea groups is 1. The molecule has 11 nitrogen and oxygen atoms in total. The van der Waals surface area contributed by atoms with Crippen LogP contribution in [0, 0.1) is 40.7 Å². The molecule has 5 heterocycles. The second kappa shape index (κ2) is 12.9. The summed E-state index contributed by atoms with van der Waals surface area (Å²) in [6, 6.07) is 7.03. The zero-order valence-corrected chi connectivity index (χ0v) is 29.6. The maximum atomic E-state index is 17.1. The molecule has 5 fully saturated rings. The first-order valence-corrected chi connectivity index (χ1v) is 18.6. The standard InChI is InChI=1S/C40H39F3N8O3/c1-2-28-31(42)6-3-23-15-27(52)16-29(32(23)28)34-33(43)35-30(17-45-34)36(47-37(46-35)54-22-39(9-10-39)21-49-13-7-24(41)8-14-49)50-18-25-4-5-26(19-50)51(25)38(53)48-40(20-44)11-12-40/h1,3,6,15-17,24-26,52H,4-5,7-14,18-19,21-22H2,(H,48,53). The molecule has 2 bridgehead atoms. The van der Waals surface area contributed by atoms with Crippen molar-refractivity contribution in [1.82, 2.24) is 30.1 Å². The van der Waals surface area contributed by atoms with Crippen molar-refractivity contribution in [2.45, 2.75) is 75.2 Å². The van der Waals surface area contributed by atoms with E-state index < -0.39 is 23.3 Å². The van der Waals surface area contributed by atoms with Crippen LogP contribution in [0.5, 0.6) is 11.8 Å². The molecule has 5 aliphatic rings. The Morgan fingerprint density at radius 1 is 1.07 bits per heavy atom. The molecule has 54 heavy (non-hydrogen) atoms. The third-order valence-corrected chi connectivity index (χ3v) is 12.0. The summed E-state index contributed by atoms with van der Waals surface area (Å²) in [4.78, 5) is 33.5. The molecular weight excluding hydrogens is 697 g/mol. The van der Waals surface area contributed by atoms with Crippen LogP contribution in [0.4, 0.5) is 23.8 Å². The van der Waals surface area contributed by atoms with E-state index in [2.05, 4.69) is 32.2 Å². The van der Waals surface area contributed by atoms with Gasteiger partial charge in [-0.05, 0) is 75.0 Å². The molecule has 14 heteroatoms. The van der Waals surface area contributed by atoms with Crippen LogP contribution in [0.15, 0.2) is 30.5 Å². The minimum absolute atomic E-state index is 0.0179. The molecule has 278 valence electrons. The van der Waals surface area contributed by atoms with Gasteiger partial charge in [-0.15, -0.1) is 6.42 Å².